The van der Waals surface area contributed by atoms with Crippen molar-refractivity contribution >= 4 is 44.0 Å². The molecule has 4 aromatic rings. The molecule has 4 rings (SSSR count). The van der Waals surface area contributed by atoms with Gasteiger partial charge < -0.3 is 4.57 Å². The summed E-state index contributed by atoms with van der Waals surface area (Å²) in [5.41, 5.74) is 3.70. The first-order valence-electron chi connectivity index (χ1n) is 9.49. The largest absolute Gasteiger partial charge is 0.340 e. The summed E-state index contributed by atoms with van der Waals surface area (Å²) in [6.07, 6.45) is 4.25. The van der Waals surface area contributed by atoms with Gasteiger partial charge in [-0.3, -0.25) is 4.79 Å². The Kier molecular flexibility index (Phi) is 5.20. The molecule has 5 nitrogen and oxygen atoms in total. The number of hydrogen-bond acceptors (Lipinski definition) is 3. The van der Waals surface area contributed by atoms with Crippen LogP contribution in [0.1, 0.15) is 24.0 Å². The van der Waals surface area contributed by atoms with E-state index in [0.717, 1.165) is 26.6 Å². The summed E-state index contributed by atoms with van der Waals surface area (Å²) >= 11 is 3.43. The number of para-hydroxylation sites is 1. The SMILES string of the molecule is C=CCn1c(C)c(C=Nn2c(CC)nc3ccc(Br)cc3c2=O)c2ccccc21. The molecule has 0 aliphatic rings. The van der Waals surface area contributed by atoms with Crippen LogP contribution >= 0.6 is 15.9 Å². The van der Waals surface area contributed by atoms with E-state index in [1.165, 1.54) is 4.68 Å². The second kappa shape index (κ2) is 7.79. The molecule has 0 aliphatic carbocycles. The second-order valence-electron chi connectivity index (χ2n) is 6.82. The van der Waals surface area contributed by atoms with Gasteiger partial charge in [0.25, 0.3) is 5.56 Å². The van der Waals surface area contributed by atoms with Crippen molar-refractivity contribution in [1.82, 2.24) is 14.2 Å². The molecule has 2 aromatic carbocycles. The molecule has 146 valence electrons. The van der Waals surface area contributed by atoms with Crippen molar-refractivity contribution in [2.24, 2.45) is 5.10 Å². The number of hydrogen-bond donors (Lipinski definition) is 0. The van der Waals surface area contributed by atoms with Crippen LogP contribution in [-0.2, 0) is 13.0 Å². The lowest BCUT2D eigenvalue weighted by molar-refractivity contribution is 0.734. The number of aryl methyl sites for hydroxylation is 1. The Morgan fingerprint density at radius 3 is 2.76 bits per heavy atom. The smallest absolute Gasteiger partial charge is 0.282 e. The number of allylic oxidation sites excluding steroid dienone is 1. The summed E-state index contributed by atoms with van der Waals surface area (Å²) in [5.74, 6) is 0.633. The predicted octanol–water partition coefficient (Wildman–Crippen LogP) is 5.05. The first kappa shape index (κ1) is 19.3. The Morgan fingerprint density at radius 2 is 2.00 bits per heavy atom. The maximum atomic E-state index is 13.1. The molecule has 0 fully saturated rings. The van der Waals surface area contributed by atoms with Crippen molar-refractivity contribution in [2.45, 2.75) is 26.8 Å². The van der Waals surface area contributed by atoms with Crippen LogP contribution in [-0.4, -0.2) is 20.4 Å². The lowest BCUT2D eigenvalue weighted by Crippen LogP contribution is -2.22. The van der Waals surface area contributed by atoms with E-state index in [4.69, 9.17) is 0 Å². The van der Waals surface area contributed by atoms with Gasteiger partial charge in [-0.05, 0) is 31.2 Å². The Hall–Kier alpha value is -2.99. The van der Waals surface area contributed by atoms with Crippen molar-refractivity contribution in [2.75, 3.05) is 0 Å². The first-order chi connectivity index (χ1) is 14.0. The third-order valence-corrected chi connectivity index (χ3v) is 5.58. The van der Waals surface area contributed by atoms with Gasteiger partial charge in [0.15, 0.2) is 0 Å². The van der Waals surface area contributed by atoms with Gasteiger partial charge >= 0.3 is 0 Å². The van der Waals surface area contributed by atoms with Crippen molar-refractivity contribution in [1.29, 1.82) is 0 Å². The maximum absolute atomic E-state index is 13.1. The molecule has 0 amide bonds. The molecular formula is C23H21BrN4O. The van der Waals surface area contributed by atoms with Crippen LogP contribution in [0.15, 0.2) is 69.5 Å². The summed E-state index contributed by atoms with van der Waals surface area (Å²) in [6.45, 7) is 8.61. The van der Waals surface area contributed by atoms with Crippen LogP contribution in [0.4, 0.5) is 0 Å². The van der Waals surface area contributed by atoms with Gasteiger partial charge in [0.2, 0.25) is 0 Å². The molecule has 0 bridgehead atoms. The Morgan fingerprint density at radius 1 is 1.21 bits per heavy atom. The van der Waals surface area contributed by atoms with Gasteiger partial charge in [0.1, 0.15) is 5.82 Å². The van der Waals surface area contributed by atoms with Gasteiger partial charge in [0.05, 0.1) is 17.1 Å². The second-order valence-corrected chi connectivity index (χ2v) is 7.74. The third-order valence-electron chi connectivity index (χ3n) is 5.09. The fourth-order valence-electron chi connectivity index (χ4n) is 3.64. The van der Waals surface area contributed by atoms with E-state index in [1.807, 2.05) is 37.3 Å². The molecule has 0 spiro atoms. The van der Waals surface area contributed by atoms with Crippen molar-refractivity contribution in [3.63, 3.8) is 0 Å². The van der Waals surface area contributed by atoms with Crippen molar-refractivity contribution < 1.29 is 0 Å². The van der Waals surface area contributed by atoms with E-state index in [9.17, 15) is 4.79 Å². The number of nitrogens with zero attached hydrogens (tertiary/aromatic N) is 4. The minimum absolute atomic E-state index is 0.170. The maximum Gasteiger partial charge on any atom is 0.282 e. The van der Waals surface area contributed by atoms with Crippen LogP contribution < -0.4 is 5.56 Å². The van der Waals surface area contributed by atoms with Crippen LogP contribution in [0, 0.1) is 6.92 Å². The van der Waals surface area contributed by atoms with Gasteiger partial charge in [-0.15, -0.1) is 6.58 Å². The van der Waals surface area contributed by atoms with Crippen LogP contribution in [0.3, 0.4) is 0 Å². The summed E-state index contributed by atoms with van der Waals surface area (Å²) in [7, 11) is 0. The minimum Gasteiger partial charge on any atom is -0.340 e. The Bertz CT molecular complexity index is 1330. The van der Waals surface area contributed by atoms with Gasteiger partial charge in [-0.2, -0.15) is 9.78 Å². The number of rotatable bonds is 5. The first-order valence-corrected chi connectivity index (χ1v) is 10.3. The summed E-state index contributed by atoms with van der Waals surface area (Å²) in [5, 5.41) is 6.21. The standard InChI is InChI=1S/C23H21BrN4O/c1-4-12-27-15(3)19(17-8-6-7-9-21(17)27)14-25-28-22(5-2)26-20-11-10-16(24)13-18(20)23(28)29/h4,6-11,13-14H,1,5,12H2,2-3H3. The normalized spacial score (nSPS) is 11.7. The van der Waals surface area contributed by atoms with Crippen LogP contribution in [0.2, 0.25) is 0 Å². The number of benzene rings is 2. The average Bonchev–Trinajstić information content (AvgIpc) is 2.99. The lowest BCUT2D eigenvalue weighted by atomic mass is 10.1. The zero-order chi connectivity index (χ0) is 20.5. The third kappa shape index (κ3) is 3.34. The monoisotopic (exact) mass is 448 g/mol. The summed E-state index contributed by atoms with van der Waals surface area (Å²) in [4.78, 5) is 17.7. The molecule has 6 heteroatoms. The quantitative estimate of drug-likeness (QED) is 0.316. The van der Waals surface area contributed by atoms with E-state index in [0.29, 0.717) is 29.7 Å². The van der Waals surface area contributed by atoms with E-state index in [1.54, 1.807) is 12.3 Å². The minimum atomic E-state index is -0.170. The molecule has 0 saturated heterocycles. The number of halogens is 1. The summed E-state index contributed by atoms with van der Waals surface area (Å²) < 4.78 is 4.45. The average molecular weight is 449 g/mol. The topological polar surface area (TPSA) is 52.2 Å². The molecule has 0 radical (unpaired) electrons. The molecule has 0 aliphatic heterocycles. The van der Waals surface area contributed by atoms with Crippen molar-refractivity contribution in [3.8, 4) is 0 Å². The zero-order valence-electron chi connectivity index (χ0n) is 16.4. The van der Waals surface area contributed by atoms with E-state index >= 15 is 0 Å². The highest BCUT2D eigenvalue weighted by molar-refractivity contribution is 9.10. The summed E-state index contributed by atoms with van der Waals surface area (Å²) in [6, 6.07) is 13.7. The Balaban J connectivity index is 1.92. The predicted molar refractivity (Wildman–Crippen MR) is 123 cm³/mol. The molecule has 2 heterocycles. The molecule has 29 heavy (non-hydrogen) atoms. The van der Waals surface area contributed by atoms with Crippen LogP contribution in [0.5, 0.6) is 0 Å². The molecule has 0 atom stereocenters. The molecule has 0 saturated carbocycles. The van der Waals surface area contributed by atoms with E-state index in [2.05, 4.69) is 56.2 Å². The molecular weight excluding hydrogens is 428 g/mol. The highest BCUT2D eigenvalue weighted by Gasteiger charge is 2.13. The zero-order valence-corrected chi connectivity index (χ0v) is 18.0. The van der Waals surface area contributed by atoms with Gasteiger partial charge in [-0.1, -0.05) is 47.1 Å². The van der Waals surface area contributed by atoms with Crippen LogP contribution in [0.25, 0.3) is 21.8 Å². The number of fused-ring (bicyclic) bond motifs is 2. The molecule has 2 aromatic heterocycles. The van der Waals surface area contributed by atoms with E-state index in [-0.39, 0.29) is 5.56 Å². The van der Waals surface area contributed by atoms with Gasteiger partial charge in [-0.25, -0.2) is 4.98 Å². The fourth-order valence-corrected chi connectivity index (χ4v) is 4.00. The fraction of sp³-hybridized carbons (Fsp3) is 0.174. The molecule has 0 N–H and O–H groups in total. The molecule has 0 unspecified atom stereocenters. The lowest BCUT2D eigenvalue weighted by Gasteiger charge is -2.08. The van der Waals surface area contributed by atoms with Gasteiger partial charge in [0, 0.05) is 39.6 Å². The Labute approximate surface area is 177 Å². The highest BCUT2D eigenvalue weighted by atomic mass is 79.9. The van der Waals surface area contributed by atoms with Crippen molar-refractivity contribution in [3.05, 3.63) is 87.0 Å². The highest BCUT2D eigenvalue weighted by Crippen LogP contribution is 2.24. The van der Waals surface area contributed by atoms with E-state index < -0.39 is 0 Å². The number of aromatic nitrogens is 3.